The molecule has 1 aliphatic carbocycles. The van der Waals surface area contributed by atoms with Crippen molar-refractivity contribution in [3.05, 3.63) is 5.82 Å². The number of alkyl halides is 3. The fraction of sp³-hybridized carbons (Fsp3) is 0.750. The predicted molar refractivity (Wildman–Crippen MR) is 47.4 cm³/mol. The molecule has 1 saturated carbocycles. The molecule has 1 fully saturated rings. The Hall–Kier alpha value is -1.27. The lowest BCUT2D eigenvalue weighted by atomic mass is 10.3. The maximum Gasteiger partial charge on any atom is 0.405 e. The van der Waals surface area contributed by atoms with Gasteiger partial charge in [-0.25, -0.2) is 0 Å². The van der Waals surface area contributed by atoms with Crippen molar-refractivity contribution in [3.8, 4) is 0 Å². The van der Waals surface area contributed by atoms with Gasteiger partial charge in [-0.05, 0) is 18.8 Å². The number of rotatable bonds is 4. The van der Waals surface area contributed by atoms with E-state index in [4.69, 9.17) is 0 Å². The summed E-state index contributed by atoms with van der Waals surface area (Å²) in [4.78, 5) is 3.92. The van der Waals surface area contributed by atoms with Crippen molar-refractivity contribution in [2.45, 2.75) is 25.4 Å². The van der Waals surface area contributed by atoms with Crippen LogP contribution in [0.1, 0.15) is 18.7 Å². The van der Waals surface area contributed by atoms with Gasteiger partial charge < -0.3 is 5.32 Å². The summed E-state index contributed by atoms with van der Waals surface area (Å²) < 4.78 is 35.5. The molecule has 4 nitrogen and oxygen atoms in total. The first-order valence-electron chi connectivity index (χ1n) is 4.75. The van der Waals surface area contributed by atoms with Crippen molar-refractivity contribution < 1.29 is 13.2 Å². The smallest absolute Gasteiger partial charge is 0.344 e. The normalized spacial score (nSPS) is 16.7. The van der Waals surface area contributed by atoms with Gasteiger partial charge in [0.15, 0.2) is 0 Å². The van der Waals surface area contributed by atoms with Gasteiger partial charge in [-0.3, -0.25) is 5.10 Å². The summed E-state index contributed by atoms with van der Waals surface area (Å²) in [7, 11) is 0. The van der Waals surface area contributed by atoms with Crippen molar-refractivity contribution in [1.29, 1.82) is 0 Å². The SMILES string of the molecule is FC(F)(F)CNc1n[nH]c(CC2CC2)n1. The molecule has 84 valence electrons. The molecule has 15 heavy (non-hydrogen) atoms. The molecule has 1 aliphatic rings. The van der Waals surface area contributed by atoms with Crippen molar-refractivity contribution in [2.24, 2.45) is 5.92 Å². The highest BCUT2D eigenvalue weighted by Crippen LogP contribution is 2.31. The molecule has 1 aromatic rings. The summed E-state index contributed by atoms with van der Waals surface area (Å²) in [6, 6.07) is 0. The third kappa shape index (κ3) is 3.41. The van der Waals surface area contributed by atoms with Gasteiger partial charge in [0, 0.05) is 6.42 Å². The van der Waals surface area contributed by atoms with Gasteiger partial charge in [0.05, 0.1) is 0 Å². The van der Waals surface area contributed by atoms with Crippen molar-refractivity contribution >= 4 is 5.95 Å². The van der Waals surface area contributed by atoms with E-state index in [2.05, 4.69) is 20.5 Å². The minimum absolute atomic E-state index is 0.0166. The number of hydrogen-bond donors (Lipinski definition) is 2. The lowest BCUT2D eigenvalue weighted by molar-refractivity contribution is -0.115. The van der Waals surface area contributed by atoms with E-state index < -0.39 is 12.7 Å². The highest BCUT2D eigenvalue weighted by atomic mass is 19.4. The second-order valence-corrected chi connectivity index (χ2v) is 3.72. The monoisotopic (exact) mass is 220 g/mol. The molecule has 0 saturated heterocycles. The molecule has 0 atom stereocenters. The number of halogens is 3. The van der Waals surface area contributed by atoms with Crippen LogP contribution in [0.25, 0.3) is 0 Å². The number of H-pyrrole nitrogens is 1. The van der Waals surface area contributed by atoms with Crippen LogP contribution in [0.3, 0.4) is 0 Å². The standard InChI is InChI=1S/C8H11F3N4/c9-8(10,11)4-12-7-13-6(14-15-7)3-5-1-2-5/h5H,1-4H2,(H2,12,13,14,15). The maximum absolute atomic E-state index is 11.8. The number of nitrogens with zero attached hydrogens (tertiary/aromatic N) is 2. The van der Waals surface area contributed by atoms with E-state index in [-0.39, 0.29) is 5.95 Å². The van der Waals surface area contributed by atoms with Crippen LogP contribution >= 0.6 is 0 Å². The summed E-state index contributed by atoms with van der Waals surface area (Å²) in [5.74, 6) is 1.30. The number of hydrogen-bond acceptors (Lipinski definition) is 3. The van der Waals surface area contributed by atoms with Crippen molar-refractivity contribution in [3.63, 3.8) is 0 Å². The van der Waals surface area contributed by atoms with Gasteiger partial charge in [0.25, 0.3) is 0 Å². The van der Waals surface area contributed by atoms with Gasteiger partial charge >= 0.3 is 6.18 Å². The second kappa shape index (κ2) is 3.71. The van der Waals surface area contributed by atoms with Crippen LogP contribution in [0.5, 0.6) is 0 Å². The predicted octanol–water partition coefficient (Wildman–Crippen LogP) is 1.73. The zero-order valence-electron chi connectivity index (χ0n) is 7.93. The van der Waals surface area contributed by atoms with Gasteiger partial charge in [-0.15, -0.1) is 5.10 Å². The molecule has 0 unspecified atom stereocenters. The molecule has 0 bridgehead atoms. The quantitative estimate of drug-likeness (QED) is 0.812. The molecule has 0 spiro atoms. The van der Waals surface area contributed by atoms with E-state index in [1.807, 2.05) is 0 Å². The number of aromatic nitrogens is 3. The maximum atomic E-state index is 11.8. The molecule has 0 radical (unpaired) electrons. The second-order valence-electron chi connectivity index (χ2n) is 3.72. The Balaban J connectivity index is 1.83. The van der Waals surface area contributed by atoms with Crippen molar-refractivity contribution in [1.82, 2.24) is 15.2 Å². The lowest BCUT2D eigenvalue weighted by Crippen LogP contribution is -2.21. The third-order valence-electron chi connectivity index (χ3n) is 2.16. The fourth-order valence-electron chi connectivity index (χ4n) is 1.24. The zero-order chi connectivity index (χ0) is 10.9. The van der Waals surface area contributed by atoms with Gasteiger partial charge in [-0.1, -0.05) is 0 Å². The first-order valence-corrected chi connectivity index (χ1v) is 4.75. The zero-order valence-corrected chi connectivity index (χ0v) is 7.93. The molecule has 0 aromatic carbocycles. The van der Waals surface area contributed by atoms with E-state index in [0.29, 0.717) is 11.7 Å². The molecule has 2 N–H and O–H groups in total. The van der Waals surface area contributed by atoms with Crippen LogP contribution in [-0.2, 0) is 6.42 Å². The van der Waals surface area contributed by atoms with Crippen LogP contribution in [-0.4, -0.2) is 27.9 Å². The molecule has 1 heterocycles. The highest BCUT2D eigenvalue weighted by Gasteiger charge is 2.27. The third-order valence-corrected chi connectivity index (χ3v) is 2.16. The number of nitrogens with one attached hydrogen (secondary N) is 2. The topological polar surface area (TPSA) is 53.6 Å². The summed E-state index contributed by atoms with van der Waals surface area (Å²) in [6.07, 6.45) is -1.12. The minimum Gasteiger partial charge on any atom is -0.344 e. The van der Waals surface area contributed by atoms with Crippen LogP contribution in [0, 0.1) is 5.92 Å². The van der Waals surface area contributed by atoms with E-state index >= 15 is 0 Å². The van der Waals surface area contributed by atoms with Crippen molar-refractivity contribution in [2.75, 3.05) is 11.9 Å². The van der Waals surface area contributed by atoms with Gasteiger partial charge in [0.1, 0.15) is 12.4 Å². The fourth-order valence-corrected chi connectivity index (χ4v) is 1.24. The Morgan fingerprint density at radius 3 is 2.73 bits per heavy atom. The molecule has 0 amide bonds. The average molecular weight is 220 g/mol. The largest absolute Gasteiger partial charge is 0.405 e. The molecular formula is C8H11F3N4. The van der Waals surface area contributed by atoms with E-state index in [0.717, 1.165) is 6.42 Å². The number of anilines is 1. The van der Waals surface area contributed by atoms with Crippen LogP contribution < -0.4 is 5.32 Å². The summed E-state index contributed by atoms with van der Waals surface area (Å²) >= 11 is 0. The minimum atomic E-state index is -4.24. The Bertz CT molecular complexity index is 329. The molecular weight excluding hydrogens is 209 g/mol. The Morgan fingerprint density at radius 2 is 2.13 bits per heavy atom. The van der Waals surface area contributed by atoms with E-state index in [1.54, 1.807) is 0 Å². The Morgan fingerprint density at radius 1 is 1.40 bits per heavy atom. The highest BCUT2D eigenvalue weighted by molar-refractivity contribution is 5.23. The van der Waals surface area contributed by atoms with Crippen LogP contribution in [0.15, 0.2) is 0 Å². The molecule has 2 rings (SSSR count). The lowest BCUT2D eigenvalue weighted by Gasteiger charge is -2.04. The molecule has 7 heteroatoms. The number of aromatic amines is 1. The summed E-state index contributed by atoms with van der Waals surface area (Å²) in [5.41, 5.74) is 0. The first-order chi connectivity index (χ1) is 7.03. The molecule has 1 aromatic heterocycles. The Kier molecular flexibility index (Phi) is 2.54. The van der Waals surface area contributed by atoms with Gasteiger partial charge in [0.2, 0.25) is 5.95 Å². The molecule has 0 aliphatic heterocycles. The Labute approximate surface area is 84.3 Å². The average Bonchev–Trinajstić information content (AvgIpc) is 2.79. The van der Waals surface area contributed by atoms with Gasteiger partial charge in [-0.2, -0.15) is 18.2 Å². The van der Waals surface area contributed by atoms with E-state index in [1.165, 1.54) is 12.8 Å². The van der Waals surface area contributed by atoms with Crippen LogP contribution in [0.4, 0.5) is 19.1 Å². The first kappa shape index (κ1) is 10.3. The summed E-state index contributed by atoms with van der Waals surface area (Å²) in [5, 5.41) is 8.40. The summed E-state index contributed by atoms with van der Waals surface area (Å²) in [6.45, 7) is -1.10. The van der Waals surface area contributed by atoms with E-state index in [9.17, 15) is 13.2 Å². The van der Waals surface area contributed by atoms with Crippen LogP contribution in [0.2, 0.25) is 0 Å².